The third-order valence-electron chi connectivity index (χ3n) is 4.96. The van der Waals surface area contributed by atoms with Crippen LogP contribution in [0.25, 0.3) is 16.6 Å². The number of aromatic nitrogens is 1. The van der Waals surface area contributed by atoms with E-state index in [4.69, 9.17) is 9.72 Å². The van der Waals surface area contributed by atoms with Crippen LogP contribution in [0.1, 0.15) is 17.7 Å². The van der Waals surface area contributed by atoms with Gasteiger partial charge in [-0.2, -0.15) is 0 Å². The third kappa shape index (κ3) is 1.76. The van der Waals surface area contributed by atoms with Gasteiger partial charge in [-0.25, -0.2) is 4.98 Å². The molecule has 0 radical (unpaired) electrons. The van der Waals surface area contributed by atoms with E-state index in [0.717, 1.165) is 27.9 Å². The molecule has 3 aliphatic rings. The average molecular weight is 306 g/mol. The second-order valence-corrected chi connectivity index (χ2v) is 6.32. The number of ether oxygens (including phenoxy) is 1. The highest BCUT2D eigenvalue weighted by atomic mass is 16.5. The van der Waals surface area contributed by atoms with Crippen molar-refractivity contribution in [3.05, 3.63) is 47.7 Å². The zero-order valence-corrected chi connectivity index (χ0v) is 12.4. The molecule has 114 valence electrons. The molecule has 1 amide bonds. The van der Waals surface area contributed by atoms with Gasteiger partial charge in [0.25, 0.3) is 0 Å². The van der Waals surface area contributed by atoms with Crippen molar-refractivity contribution >= 4 is 28.5 Å². The minimum atomic E-state index is -0.250. The van der Waals surface area contributed by atoms with Crippen LogP contribution in [-0.4, -0.2) is 28.4 Å². The molecule has 23 heavy (non-hydrogen) atoms. The standard InChI is InChI=1S/C18H14N2O3/c21-16-7-11-6-15-17-12(5-10-3-1-2-4-14(10)19-17)8-20(15)18(22)13(11)9-23-16/h1-6,11,13H,7-9H2. The molecule has 5 rings (SSSR count). The van der Waals surface area contributed by atoms with E-state index in [0.29, 0.717) is 6.54 Å². The lowest BCUT2D eigenvalue weighted by Crippen LogP contribution is -2.44. The summed E-state index contributed by atoms with van der Waals surface area (Å²) in [5, 5.41) is 1.08. The molecule has 1 aromatic heterocycles. The van der Waals surface area contributed by atoms with Crippen LogP contribution >= 0.6 is 0 Å². The van der Waals surface area contributed by atoms with Gasteiger partial charge in [0, 0.05) is 16.9 Å². The van der Waals surface area contributed by atoms with Crippen molar-refractivity contribution in [1.29, 1.82) is 0 Å². The van der Waals surface area contributed by atoms with E-state index in [1.165, 1.54) is 0 Å². The van der Waals surface area contributed by atoms with E-state index in [9.17, 15) is 9.59 Å². The number of pyridine rings is 1. The third-order valence-corrected chi connectivity index (χ3v) is 4.96. The van der Waals surface area contributed by atoms with E-state index in [1.807, 2.05) is 30.3 Å². The highest BCUT2D eigenvalue weighted by Gasteiger charge is 2.44. The van der Waals surface area contributed by atoms with Crippen LogP contribution < -0.4 is 0 Å². The van der Waals surface area contributed by atoms with Gasteiger partial charge in [-0.3, -0.25) is 9.59 Å². The van der Waals surface area contributed by atoms with Crippen LogP contribution in [-0.2, 0) is 20.9 Å². The number of esters is 1. The lowest BCUT2D eigenvalue weighted by molar-refractivity contribution is -0.157. The Morgan fingerprint density at radius 2 is 2.09 bits per heavy atom. The summed E-state index contributed by atoms with van der Waals surface area (Å²) in [4.78, 5) is 30.9. The SMILES string of the molecule is O=C1CC2C=C3c4nc5ccccc5cc4CN3C(=O)C2CO1. The normalized spacial score (nSPS) is 25.6. The summed E-state index contributed by atoms with van der Waals surface area (Å²) in [7, 11) is 0. The van der Waals surface area contributed by atoms with Crippen molar-refractivity contribution in [2.45, 2.75) is 13.0 Å². The first-order valence-corrected chi connectivity index (χ1v) is 7.78. The number of cyclic esters (lactones) is 1. The molecule has 1 aromatic carbocycles. The van der Waals surface area contributed by atoms with Gasteiger partial charge in [-0.1, -0.05) is 24.3 Å². The second-order valence-electron chi connectivity index (χ2n) is 6.32. The summed E-state index contributed by atoms with van der Waals surface area (Å²) in [6.07, 6.45) is 2.32. The molecule has 2 aromatic rings. The van der Waals surface area contributed by atoms with Gasteiger partial charge in [-0.15, -0.1) is 0 Å². The summed E-state index contributed by atoms with van der Waals surface area (Å²) in [5.74, 6) is -0.509. The Hall–Kier alpha value is -2.69. The number of hydrogen-bond acceptors (Lipinski definition) is 4. The van der Waals surface area contributed by atoms with E-state index in [1.54, 1.807) is 4.90 Å². The number of carbonyl (C=O) groups excluding carboxylic acids is 2. The first kappa shape index (κ1) is 12.8. The lowest BCUT2D eigenvalue weighted by atomic mass is 9.83. The summed E-state index contributed by atoms with van der Waals surface area (Å²) in [5.41, 5.74) is 3.71. The van der Waals surface area contributed by atoms with Gasteiger partial charge in [0.2, 0.25) is 5.91 Å². The maximum atomic E-state index is 12.8. The van der Waals surface area contributed by atoms with Crippen molar-refractivity contribution < 1.29 is 14.3 Å². The number of allylic oxidation sites excluding steroid dienone is 1. The number of rotatable bonds is 0. The van der Waals surface area contributed by atoms with E-state index >= 15 is 0 Å². The van der Waals surface area contributed by atoms with Crippen LogP contribution in [0.5, 0.6) is 0 Å². The molecule has 0 aliphatic carbocycles. The molecule has 0 N–H and O–H groups in total. The number of benzene rings is 1. The highest BCUT2D eigenvalue weighted by molar-refractivity contribution is 5.95. The molecule has 4 heterocycles. The van der Waals surface area contributed by atoms with Gasteiger partial charge >= 0.3 is 5.97 Å². The fourth-order valence-electron chi connectivity index (χ4n) is 3.78. The average Bonchev–Trinajstić information content (AvgIpc) is 2.91. The summed E-state index contributed by atoms with van der Waals surface area (Å²) >= 11 is 0. The van der Waals surface area contributed by atoms with Crippen LogP contribution in [0.3, 0.4) is 0 Å². The molecule has 3 aliphatic heterocycles. The molecule has 1 fully saturated rings. The van der Waals surface area contributed by atoms with E-state index in [-0.39, 0.29) is 36.7 Å². The molecule has 0 saturated carbocycles. The van der Waals surface area contributed by atoms with Gasteiger partial charge in [-0.05, 0) is 12.1 Å². The van der Waals surface area contributed by atoms with Gasteiger partial charge in [0.05, 0.1) is 35.8 Å². The second kappa shape index (κ2) is 4.41. The van der Waals surface area contributed by atoms with Crippen LogP contribution in [0.15, 0.2) is 36.4 Å². The molecule has 2 atom stereocenters. The van der Waals surface area contributed by atoms with Crippen molar-refractivity contribution in [3.63, 3.8) is 0 Å². The molecular formula is C18H14N2O3. The number of para-hydroxylation sites is 1. The quantitative estimate of drug-likeness (QED) is 0.700. The monoisotopic (exact) mass is 306 g/mol. The van der Waals surface area contributed by atoms with Gasteiger partial charge < -0.3 is 9.64 Å². The fraction of sp³-hybridized carbons (Fsp3) is 0.278. The Balaban J connectivity index is 1.66. The maximum absolute atomic E-state index is 12.8. The van der Waals surface area contributed by atoms with Crippen molar-refractivity contribution in [2.24, 2.45) is 11.8 Å². The largest absolute Gasteiger partial charge is 0.465 e. The lowest BCUT2D eigenvalue weighted by Gasteiger charge is -2.35. The number of hydrogen-bond donors (Lipinski definition) is 0. The van der Waals surface area contributed by atoms with E-state index < -0.39 is 0 Å². The first-order valence-electron chi connectivity index (χ1n) is 7.78. The first-order chi connectivity index (χ1) is 11.2. The Labute approximate surface area is 132 Å². The topological polar surface area (TPSA) is 59.5 Å². The molecule has 2 unspecified atom stereocenters. The fourth-order valence-corrected chi connectivity index (χ4v) is 3.78. The van der Waals surface area contributed by atoms with Gasteiger partial charge in [0.15, 0.2) is 0 Å². The molecular weight excluding hydrogens is 292 g/mol. The van der Waals surface area contributed by atoms with Crippen molar-refractivity contribution in [3.8, 4) is 0 Å². The van der Waals surface area contributed by atoms with Crippen LogP contribution in [0, 0.1) is 11.8 Å². The number of carbonyl (C=O) groups is 2. The van der Waals surface area contributed by atoms with Crippen LogP contribution in [0.4, 0.5) is 0 Å². The zero-order valence-electron chi connectivity index (χ0n) is 12.4. The van der Waals surface area contributed by atoms with Gasteiger partial charge in [0.1, 0.15) is 6.61 Å². The predicted molar refractivity (Wildman–Crippen MR) is 82.8 cm³/mol. The molecule has 0 bridgehead atoms. The highest BCUT2D eigenvalue weighted by Crippen LogP contribution is 2.42. The van der Waals surface area contributed by atoms with E-state index in [2.05, 4.69) is 6.07 Å². The minimum Gasteiger partial charge on any atom is -0.465 e. The van der Waals surface area contributed by atoms with Crippen molar-refractivity contribution in [2.75, 3.05) is 6.61 Å². The minimum absolute atomic E-state index is 0.0436. The Kier molecular flexibility index (Phi) is 2.46. The summed E-state index contributed by atoms with van der Waals surface area (Å²) in [6, 6.07) is 10.1. The number of nitrogens with zero attached hydrogens (tertiary/aromatic N) is 2. The molecule has 5 heteroatoms. The molecule has 1 saturated heterocycles. The Morgan fingerprint density at radius 3 is 3.00 bits per heavy atom. The Morgan fingerprint density at radius 1 is 1.22 bits per heavy atom. The van der Waals surface area contributed by atoms with Crippen molar-refractivity contribution in [1.82, 2.24) is 9.88 Å². The predicted octanol–water partition coefficient (Wildman–Crippen LogP) is 2.11. The number of fused-ring (bicyclic) bond motifs is 5. The smallest absolute Gasteiger partial charge is 0.306 e. The molecule has 0 spiro atoms. The maximum Gasteiger partial charge on any atom is 0.306 e. The zero-order chi connectivity index (χ0) is 15.6. The number of amides is 1. The van der Waals surface area contributed by atoms with Crippen LogP contribution in [0.2, 0.25) is 0 Å². The summed E-state index contributed by atoms with van der Waals surface area (Å²) < 4.78 is 5.08. The summed E-state index contributed by atoms with van der Waals surface area (Å²) in [6.45, 7) is 0.739. The molecule has 5 nitrogen and oxygen atoms in total. The Bertz CT molecular complexity index is 902.